The molecule has 1 heterocycles. The highest BCUT2D eigenvalue weighted by Crippen LogP contribution is 2.33. The summed E-state index contributed by atoms with van der Waals surface area (Å²) in [7, 11) is 1.59. The molecule has 20 heavy (non-hydrogen) atoms. The highest BCUT2D eigenvalue weighted by atomic mass is 32.1. The van der Waals surface area contributed by atoms with Crippen LogP contribution in [0.1, 0.15) is 29.0 Å². The molecule has 108 valence electrons. The van der Waals surface area contributed by atoms with Crippen LogP contribution in [0.3, 0.4) is 0 Å². The lowest BCUT2D eigenvalue weighted by molar-refractivity contribution is 0.416. The first-order valence-electron chi connectivity index (χ1n) is 6.38. The van der Waals surface area contributed by atoms with Crippen LogP contribution in [0.2, 0.25) is 0 Å². The lowest BCUT2D eigenvalue weighted by atomic mass is 10.0. The van der Waals surface area contributed by atoms with Crippen molar-refractivity contribution in [2.75, 3.05) is 13.7 Å². The van der Waals surface area contributed by atoms with Crippen LogP contribution in [-0.4, -0.2) is 13.7 Å². The summed E-state index contributed by atoms with van der Waals surface area (Å²) in [6.07, 6.45) is 0. The Kier molecular flexibility index (Phi) is 4.73. The first-order chi connectivity index (χ1) is 9.56. The first-order valence-corrected chi connectivity index (χ1v) is 7.26. The Labute approximate surface area is 121 Å². The molecule has 0 radical (unpaired) electrons. The van der Waals surface area contributed by atoms with Crippen LogP contribution < -0.4 is 10.1 Å². The summed E-state index contributed by atoms with van der Waals surface area (Å²) < 4.78 is 32.6. The molecule has 0 aliphatic heterocycles. The Morgan fingerprint density at radius 3 is 2.60 bits per heavy atom. The molecule has 2 aromatic rings. The molecule has 1 aromatic heterocycles. The number of aryl methyl sites for hydroxylation is 1. The van der Waals surface area contributed by atoms with E-state index >= 15 is 0 Å². The van der Waals surface area contributed by atoms with Crippen molar-refractivity contribution in [2.45, 2.75) is 19.9 Å². The maximum atomic E-state index is 14.1. The van der Waals surface area contributed by atoms with Gasteiger partial charge in [0, 0.05) is 21.9 Å². The molecule has 1 aromatic carbocycles. The van der Waals surface area contributed by atoms with E-state index in [9.17, 15) is 8.78 Å². The Balaban J connectivity index is 2.45. The minimum Gasteiger partial charge on any atom is -0.496 e. The fourth-order valence-electron chi connectivity index (χ4n) is 2.06. The monoisotopic (exact) mass is 297 g/mol. The van der Waals surface area contributed by atoms with E-state index in [2.05, 4.69) is 5.32 Å². The molecule has 0 saturated carbocycles. The van der Waals surface area contributed by atoms with Crippen molar-refractivity contribution in [1.29, 1.82) is 0 Å². The quantitative estimate of drug-likeness (QED) is 0.899. The number of nitrogens with one attached hydrogen (secondary N) is 1. The highest BCUT2D eigenvalue weighted by molar-refractivity contribution is 7.10. The van der Waals surface area contributed by atoms with Crippen LogP contribution >= 0.6 is 11.3 Å². The maximum absolute atomic E-state index is 14.1. The molecule has 2 rings (SSSR count). The summed E-state index contributed by atoms with van der Waals surface area (Å²) in [5, 5.41) is 5.10. The van der Waals surface area contributed by atoms with Gasteiger partial charge in [-0.1, -0.05) is 6.92 Å². The van der Waals surface area contributed by atoms with Gasteiger partial charge in [0.25, 0.3) is 0 Å². The van der Waals surface area contributed by atoms with E-state index in [1.807, 2.05) is 18.4 Å². The highest BCUT2D eigenvalue weighted by Gasteiger charge is 2.20. The van der Waals surface area contributed by atoms with E-state index in [1.54, 1.807) is 20.1 Å². The predicted octanol–water partition coefficient (Wildman–Crippen LogP) is 4.04. The molecule has 0 fully saturated rings. The number of rotatable bonds is 5. The molecule has 1 unspecified atom stereocenters. The van der Waals surface area contributed by atoms with Crippen LogP contribution in [0.4, 0.5) is 8.78 Å². The summed E-state index contributed by atoms with van der Waals surface area (Å²) in [6, 6.07) is 4.08. The van der Waals surface area contributed by atoms with Crippen LogP contribution in [0.25, 0.3) is 0 Å². The van der Waals surface area contributed by atoms with Gasteiger partial charge in [0.15, 0.2) is 0 Å². The van der Waals surface area contributed by atoms with E-state index < -0.39 is 11.6 Å². The molecule has 0 spiro atoms. The second-order valence-corrected chi connectivity index (χ2v) is 5.45. The van der Waals surface area contributed by atoms with Crippen LogP contribution in [0, 0.1) is 18.6 Å². The van der Waals surface area contributed by atoms with Crippen molar-refractivity contribution in [2.24, 2.45) is 0 Å². The molecule has 0 saturated heterocycles. The standard InChI is InChI=1S/C15H17F2NOS/c1-4-18-15(14-6-10(19-3)8-20-14)11-5-9(2)12(16)7-13(11)17/h5-8,15,18H,4H2,1-3H3. The summed E-state index contributed by atoms with van der Waals surface area (Å²) >= 11 is 1.49. The Morgan fingerprint density at radius 2 is 2.00 bits per heavy atom. The van der Waals surface area contributed by atoms with Gasteiger partial charge in [-0.3, -0.25) is 0 Å². The van der Waals surface area contributed by atoms with Gasteiger partial charge in [-0.25, -0.2) is 8.78 Å². The van der Waals surface area contributed by atoms with Crippen molar-refractivity contribution < 1.29 is 13.5 Å². The lowest BCUT2D eigenvalue weighted by Crippen LogP contribution is -2.22. The average Bonchev–Trinajstić information content (AvgIpc) is 2.89. The summed E-state index contributed by atoms with van der Waals surface area (Å²) in [4.78, 5) is 0.939. The minimum atomic E-state index is -0.536. The average molecular weight is 297 g/mol. The first kappa shape index (κ1) is 14.9. The molecule has 2 nitrogen and oxygen atoms in total. The van der Waals surface area contributed by atoms with Gasteiger partial charge >= 0.3 is 0 Å². The van der Waals surface area contributed by atoms with Crippen molar-refractivity contribution in [1.82, 2.24) is 5.32 Å². The van der Waals surface area contributed by atoms with Crippen molar-refractivity contribution >= 4 is 11.3 Å². The summed E-state index contributed by atoms with van der Waals surface area (Å²) in [6.45, 7) is 4.27. The molecule has 0 bridgehead atoms. The zero-order chi connectivity index (χ0) is 14.7. The normalized spacial score (nSPS) is 12.4. The van der Waals surface area contributed by atoms with Gasteiger partial charge in [0.05, 0.1) is 13.2 Å². The van der Waals surface area contributed by atoms with Gasteiger partial charge in [-0.05, 0) is 31.2 Å². The maximum Gasteiger partial charge on any atom is 0.131 e. The van der Waals surface area contributed by atoms with Gasteiger partial charge in [-0.2, -0.15) is 0 Å². The number of methoxy groups -OCH3 is 1. The fraction of sp³-hybridized carbons (Fsp3) is 0.333. The SMILES string of the molecule is CCNC(c1cc(OC)cs1)c1cc(C)c(F)cc1F. The molecule has 1 atom stereocenters. The van der Waals surface area contributed by atoms with Crippen molar-refractivity contribution in [3.05, 3.63) is 51.2 Å². The van der Waals surface area contributed by atoms with E-state index in [4.69, 9.17) is 4.74 Å². The minimum absolute atomic E-state index is 0.298. The van der Waals surface area contributed by atoms with Crippen LogP contribution in [0.15, 0.2) is 23.6 Å². The van der Waals surface area contributed by atoms with E-state index in [0.29, 0.717) is 17.7 Å². The van der Waals surface area contributed by atoms with Gasteiger partial charge in [0.1, 0.15) is 17.4 Å². The molecule has 0 aliphatic carbocycles. The predicted molar refractivity (Wildman–Crippen MR) is 77.5 cm³/mol. The molecule has 0 aliphatic rings. The zero-order valence-electron chi connectivity index (χ0n) is 11.7. The summed E-state index contributed by atoms with van der Waals surface area (Å²) in [5.74, 6) is -0.316. The molecular weight excluding hydrogens is 280 g/mol. The molecule has 1 N–H and O–H groups in total. The zero-order valence-corrected chi connectivity index (χ0v) is 12.5. The van der Waals surface area contributed by atoms with Crippen LogP contribution in [0.5, 0.6) is 5.75 Å². The largest absolute Gasteiger partial charge is 0.496 e. The fourth-order valence-corrected chi connectivity index (χ4v) is 3.01. The third-order valence-corrected chi connectivity index (χ3v) is 4.09. The molecule has 0 amide bonds. The third kappa shape index (κ3) is 2.99. The Bertz CT molecular complexity index is 598. The number of hydrogen-bond donors (Lipinski definition) is 1. The Morgan fingerprint density at radius 1 is 1.25 bits per heavy atom. The lowest BCUT2D eigenvalue weighted by Gasteiger charge is -2.18. The Hall–Kier alpha value is -1.46. The molecule has 5 heteroatoms. The number of thiophene rings is 1. The second kappa shape index (κ2) is 6.33. The van der Waals surface area contributed by atoms with E-state index in [1.165, 1.54) is 11.3 Å². The van der Waals surface area contributed by atoms with Crippen molar-refractivity contribution in [3.8, 4) is 5.75 Å². The number of hydrogen-bond acceptors (Lipinski definition) is 3. The topological polar surface area (TPSA) is 21.3 Å². The second-order valence-electron chi connectivity index (χ2n) is 4.50. The van der Waals surface area contributed by atoms with Gasteiger partial charge in [-0.15, -0.1) is 11.3 Å². The number of ether oxygens (including phenoxy) is 1. The smallest absolute Gasteiger partial charge is 0.131 e. The van der Waals surface area contributed by atoms with Gasteiger partial charge in [0.2, 0.25) is 0 Å². The number of halogens is 2. The van der Waals surface area contributed by atoms with Gasteiger partial charge < -0.3 is 10.1 Å². The van der Waals surface area contributed by atoms with Crippen LogP contribution in [-0.2, 0) is 0 Å². The van der Waals surface area contributed by atoms with E-state index in [-0.39, 0.29) is 6.04 Å². The molecular formula is C15H17F2NOS. The third-order valence-electron chi connectivity index (χ3n) is 3.11. The summed E-state index contributed by atoms with van der Waals surface area (Å²) in [5.41, 5.74) is 0.892. The van der Waals surface area contributed by atoms with Crippen molar-refractivity contribution in [3.63, 3.8) is 0 Å². The number of benzene rings is 1. The van der Waals surface area contributed by atoms with E-state index in [0.717, 1.165) is 16.7 Å².